The molecule has 6 nitrogen and oxygen atoms in total. The summed E-state index contributed by atoms with van der Waals surface area (Å²) in [5, 5.41) is 50.4. The van der Waals surface area contributed by atoms with Crippen molar-refractivity contribution in [3.8, 4) is 12.3 Å². The van der Waals surface area contributed by atoms with Crippen molar-refractivity contribution in [2.75, 3.05) is 6.61 Å². The van der Waals surface area contributed by atoms with Crippen LogP contribution in [0.1, 0.15) is 22.3 Å². The van der Waals surface area contributed by atoms with Gasteiger partial charge in [0.05, 0.1) is 6.61 Å². The molecule has 1 aliphatic rings. The van der Waals surface area contributed by atoms with Crippen molar-refractivity contribution >= 4 is 0 Å². The third-order valence-electron chi connectivity index (χ3n) is 4.84. The lowest BCUT2D eigenvalue weighted by Gasteiger charge is -2.45. The topological polar surface area (TPSA) is 110 Å². The maximum atomic E-state index is 10.9. The SMILES string of the molecule is C#Cc1ccc(Cc2cccc([C@@]3(O)O[C@H](CO)[C@@H](O)[C@H](O)[C@H]3O)c2)cc1. The highest BCUT2D eigenvalue weighted by Crippen LogP contribution is 2.36. The van der Waals surface area contributed by atoms with E-state index in [-0.39, 0.29) is 5.56 Å². The van der Waals surface area contributed by atoms with Crippen LogP contribution in [0.2, 0.25) is 0 Å². The molecule has 1 aliphatic heterocycles. The molecule has 0 spiro atoms. The second-order valence-electron chi connectivity index (χ2n) is 6.68. The predicted octanol–water partition coefficient (Wildman–Crippen LogP) is -0.122. The first kappa shape index (κ1) is 19.5. The van der Waals surface area contributed by atoms with Crippen LogP contribution < -0.4 is 0 Å². The number of ether oxygens (including phenoxy) is 1. The predicted molar refractivity (Wildman–Crippen MR) is 97.5 cm³/mol. The van der Waals surface area contributed by atoms with Crippen LogP contribution in [0.25, 0.3) is 0 Å². The molecule has 27 heavy (non-hydrogen) atoms. The standard InChI is InChI=1S/C21H22O6/c1-2-13-6-8-14(9-7-13)10-15-4-3-5-16(11-15)21(26)20(25)19(24)18(23)17(12-22)27-21/h1,3-9,11,17-20,22-26H,10,12H2/t17-,18-,19+,20-,21-/m1/s1. The van der Waals surface area contributed by atoms with Gasteiger partial charge in [0.2, 0.25) is 5.79 Å². The highest BCUT2D eigenvalue weighted by atomic mass is 16.7. The average molecular weight is 370 g/mol. The minimum atomic E-state index is -2.25. The summed E-state index contributed by atoms with van der Waals surface area (Å²) >= 11 is 0. The molecular formula is C21H22O6. The van der Waals surface area contributed by atoms with E-state index >= 15 is 0 Å². The van der Waals surface area contributed by atoms with Gasteiger partial charge in [0.25, 0.3) is 0 Å². The quantitative estimate of drug-likeness (QED) is 0.480. The van der Waals surface area contributed by atoms with Crippen LogP contribution in [0.4, 0.5) is 0 Å². The normalized spacial score (nSPS) is 30.7. The molecule has 1 fully saturated rings. The summed E-state index contributed by atoms with van der Waals surface area (Å²) in [7, 11) is 0. The maximum absolute atomic E-state index is 10.9. The van der Waals surface area contributed by atoms with Crippen LogP contribution in [0, 0.1) is 12.3 Å². The van der Waals surface area contributed by atoms with Crippen molar-refractivity contribution in [1.82, 2.24) is 0 Å². The zero-order valence-corrected chi connectivity index (χ0v) is 14.6. The Morgan fingerprint density at radius 3 is 2.33 bits per heavy atom. The molecule has 5 atom stereocenters. The van der Waals surface area contributed by atoms with E-state index in [9.17, 15) is 25.5 Å². The van der Waals surface area contributed by atoms with E-state index in [1.165, 1.54) is 0 Å². The zero-order valence-electron chi connectivity index (χ0n) is 14.6. The van der Waals surface area contributed by atoms with E-state index in [1.807, 2.05) is 30.3 Å². The summed E-state index contributed by atoms with van der Waals surface area (Å²) in [6, 6.07) is 14.2. The average Bonchev–Trinajstić information content (AvgIpc) is 2.70. The minimum Gasteiger partial charge on any atom is -0.394 e. The number of aliphatic hydroxyl groups is 5. The van der Waals surface area contributed by atoms with E-state index in [1.54, 1.807) is 18.2 Å². The first-order valence-electron chi connectivity index (χ1n) is 8.59. The molecule has 5 N–H and O–H groups in total. The van der Waals surface area contributed by atoms with E-state index < -0.39 is 36.8 Å². The van der Waals surface area contributed by atoms with Gasteiger partial charge < -0.3 is 30.3 Å². The fourth-order valence-corrected chi connectivity index (χ4v) is 3.25. The number of hydrogen-bond donors (Lipinski definition) is 5. The second-order valence-corrected chi connectivity index (χ2v) is 6.68. The lowest BCUT2D eigenvalue weighted by Crippen LogP contribution is -2.63. The van der Waals surface area contributed by atoms with Gasteiger partial charge in [-0.05, 0) is 35.7 Å². The zero-order chi connectivity index (χ0) is 19.6. The number of terminal acetylenes is 1. The third-order valence-corrected chi connectivity index (χ3v) is 4.84. The van der Waals surface area contributed by atoms with Crippen LogP contribution in [-0.4, -0.2) is 56.6 Å². The van der Waals surface area contributed by atoms with E-state index in [0.717, 1.165) is 16.7 Å². The molecule has 0 aliphatic carbocycles. The fraction of sp³-hybridized carbons (Fsp3) is 0.333. The van der Waals surface area contributed by atoms with E-state index in [2.05, 4.69) is 5.92 Å². The minimum absolute atomic E-state index is 0.220. The van der Waals surface area contributed by atoms with Gasteiger partial charge in [-0.3, -0.25) is 0 Å². The highest BCUT2D eigenvalue weighted by molar-refractivity contribution is 5.37. The molecule has 0 bridgehead atoms. The van der Waals surface area contributed by atoms with Gasteiger partial charge in [-0.1, -0.05) is 36.3 Å². The Kier molecular flexibility index (Phi) is 5.63. The molecule has 0 saturated carbocycles. The van der Waals surface area contributed by atoms with Gasteiger partial charge in [0.15, 0.2) is 0 Å². The Labute approximate surface area is 157 Å². The van der Waals surface area contributed by atoms with Crippen molar-refractivity contribution in [3.63, 3.8) is 0 Å². The lowest BCUT2D eigenvalue weighted by molar-refractivity contribution is -0.357. The molecular weight excluding hydrogens is 348 g/mol. The molecule has 2 aromatic carbocycles. The Bertz CT molecular complexity index is 825. The monoisotopic (exact) mass is 370 g/mol. The Hall–Kier alpha value is -2.24. The maximum Gasteiger partial charge on any atom is 0.222 e. The summed E-state index contributed by atoms with van der Waals surface area (Å²) in [5.41, 5.74) is 2.85. The van der Waals surface area contributed by atoms with Crippen molar-refractivity contribution in [2.45, 2.75) is 36.6 Å². The van der Waals surface area contributed by atoms with Crippen LogP contribution in [0.3, 0.4) is 0 Å². The van der Waals surface area contributed by atoms with Gasteiger partial charge in [0.1, 0.15) is 24.4 Å². The van der Waals surface area contributed by atoms with Crippen molar-refractivity contribution < 1.29 is 30.3 Å². The number of benzene rings is 2. The summed E-state index contributed by atoms with van der Waals surface area (Å²) in [5.74, 6) is 0.301. The first-order chi connectivity index (χ1) is 12.9. The molecule has 6 heteroatoms. The molecule has 3 rings (SSSR count). The molecule has 1 heterocycles. The summed E-state index contributed by atoms with van der Waals surface area (Å²) in [4.78, 5) is 0. The third kappa shape index (κ3) is 3.75. The van der Waals surface area contributed by atoms with Crippen LogP contribution in [-0.2, 0) is 16.9 Å². The second kappa shape index (κ2) is 7.79. The van der Waals surface area contributed by atoms with Gasteiger partial charge in [-0.15, -0.1) is 6.42 Å². The Morgan fingerprint density at radius 2 is 1.70 bits per heavy atom. The summed E-state index contributed by atoms with van der Waals surface area (Å²) in [6.07, 6.45) is -0.273. The van der Waals surface area contributed by atoms with Crippen molar-refractivity contribution in [2.24, 2.45) is 0 Å². The number of rotatable bonds is 4. The summed E-state index contributed by atoms with van der Waals surface area (Å²) in [6.45, 7) is -0.617. The first-order valence-corrected chi connectivity index (χ1v) is 8.59. The molecule has 0 radical (unpaired) electrons. The summed E-state index contributed by atoms with van der Waals surface area (Å²) < 4.78 is 5.36. The molecule has 0 aromatic heterocycles. The van der Waals surface area contributed by atoms with Gasteiger partial charge in [-0.25, -0.2) is 0 Å². The molecule has 0 amide bonds. The Morgan fingerprint density at radius 1 is 1.00 bits per heavy atom. The number of aliphatic hydroxyl groups excluding tert-OH is 4. The largest absolute Gasteiger partial charge is 0.394 e. The van der Waals surface area contributed by atoms with E-state index in [4.69, 9.17) is 11.2 Å². The highest BCUT2D eigenvalue weighted by Gasteiger charge is 2.53. The van der Waals surface area contributed by atoms with Crippen molar-refractivity contribution in [3.05, 3.63) is 70.8 Å². The smallest absolute Gasteiger partial charge is 0.222 e. The molecule has 0 unspecified atom stereocenters. The molecule has 142 valence electrons. The molecule has 1 saturated heterocycles. The van der Waals surface area contributed by atoms with Crippen LogP contribution in [0.5, 0.6) is 0 Å². The fourth-order valence-electron chi connectivity index (χ4n) is 3.25. The van der Waals surface area contributed by atoms with Crippen molar-refractivity contribution in [1.29, 1.82) is 0 Å². The lowest BCUT2D eigenvalue weighted by atomic mass is 9.87. The van der Waals surface area contributed by atoms with E-state index in [0.29, 0.717) is 6.42 Å². The van der Waals surface area contributed by atoms with Gasteiger partial charge in [-0.2, -0.15) is 0 Å². The molecule has 2 aromatic rings. The van der Waals surface area contributed by atoms with Crippen LogP contribution >= 0.6 is 0 Å². The van der Waals surface area contributed by atoms with Gasteiger partial charge in [0, 0.05) is 11.1 Å². The Balaban J connectivity index is 1.88. The number of hydrogen-bond acceptors (Lipinski definition) is 6. The van der Waals surface area contributed by atoms with Gasteiger partial charge >= 0.3 is 0 Å². The van der Waals surface area contributed by atoms with Crippen LogP contribution in [0.15, 0.2) is 48.5 Å².